The van der Waals surface area contributed by atoms with E-state index in [9.17, 15) is 9.59 Å². The molecule has 1 aliphatic rings. The average Bonchev–Trinajstić information content (AvgIpc) is 2.38. The summed E-state index contributed by atoms with van der Waals surface area (Å²) in [6.07, 6.45) is 4.54. The van der Waals surface area contributed by atoms with Crippen LogP contribution in [0.5, 0.6) is 0 Å². The van der Waals surface area contributed by atoms with E-state index in [1.165, 1.54) is 12.8 Å². The van der Waals surface area contributed by atoms with Crippen LogP contribution >= 0.6 is 0 Å². The fraction of sp³-hybridized carbons (Fsp3) is 0.857. The van der Waals surface area contributed by atoms with Crippen LogP contribution in [0.1, 0.15) is 46.0 Å². The Hall–Kier alpha value is -1.26. The first-order valence-corrected chi connectivity index (χ1v) is 7.19. The summed E-state index contributed by atoms with van der Waals surface area (Å²) in [4.78, 5) is 26.4. The number of amides is 2. The van der Waals surface area contributed by atoms with E-state index in [1.807, 2.05) is 14.0 Å². The molecule has 0 spiro atoms. The Bertz CT molecular complexity index is 320. The molecule has 0 aromatic heterocycles. The van der Waals surface area contributed by atoms with Crippen molar-refractivity contribution >= 4 is 12.0 Å². The van der Waals surface area contributed by atoms with Crippen LogP contribution in [-0.2, 0) is 4.79 Å². The summed E-state index contributed by atoms with van der Waals surface area (Å²) in [6.45, 7) is 4.96. The topological polar surface area (TPSA) is 60.9 Å². The number of hydrogen-bond acceptors (Lipinski definition) is 2. The van der Waals surface area contributed by atoms with Crippen LogP contribution in [0.15, 0.2) is 0 Å². The van der Waals surface area contributed by atoms with Gasteiger partial charge in [-0.15, -0.1) is 0 Å². The van der Waals surface area contributed by atoms with Crippen LogP contribution < -0.4 is 0 Å². The zero-order valence-corrected chi connectivity index (χ0v) is 12.3. The van der Waals surface area contributed by atoms with Crippen LogP contribution in [0.25, 0.3) is 0 Å². The highest BCUT2D eigenvalue weighted by atomic mass is 16.4. The average molecular weight is 270 g/mol. The number of carbonyl (C=O) groups excluding carboxylic acids is 1. The molecule has 5 nitrogen and oxygen atoms in total. The summed E-state index contributed by atoms with van der Waals surface area (Å²) < 4.78 is 0. The molecule has 110 valence electrons. The van der Waals surface area contributed by atoms with Gasteiger partial charge in [0, 0.05) is 26.2 Å². The van der Waals surface area contributed by atoms with Gasteiger partial charge in [0.1, 0.15) is 0 Å². The SMILES string of the molecule is CCN(CCC(=O)O)C(=O)N(C)C1CCCC(C)C1. The van der Waals surface area contributed by atoms with Crippen molar-refractivity contribution in [1.29, 1.82) is 0 Å². The fourth-order valence-electron chi connectivity index (χ4n) is 2.75. The molecule has 1 saturated carbocycles. The molecule has 1 aliphatic carbocycles. The van der Waals surface area contributed by atoms with E-state index in [4.69, 9.17) is 5.11 Å². The van der Waals surface area contributed by atoms with Crippen molar-refractivity contribution in [1.82, 2.24) is 9.80 Å². The van der Waals surface area contributed by atoms with Crippen LogP contribution in [0.4, 0.5) is 4.79 Å². The largest absolute Gasteiger partial charge is 0.481 e. The van der Waals surface area contributed by atoms with E-state index in [-0.39, 0.29) is 19.0 Å². The maximum Gasteiger partial charge on any atom is 0.319 e. The lowest BCUT2D eigenvalue weighted by atomic mass is 9.86. The Morgan fingerprint density at radius 3 is 2.53 bits per heavy atom. The third-order valence-electron chi connectivity index (χ3n) is 4.01. The lowest BCUT2D eigenvalue weighted by Gasteiger charge is -2.37. The molecule has 0 aliphatic heterocycles. The van der Waals surface area contributed by atoms with Gasteiger partial charge in [-0.2, -0.15) is 0 Å². The van der Waals surface area contributed by atoms with Crippen molar-refractivity contribution < 1.29 is 14.7 Å². The van der Waals surface area contributed by atoms with Crippen LogP contribution in [-0.4, -0.2) is 53.1 Å². The first kappa shape index (κ1) is 15.8. The van der Waals surface area contributed by atoms with E-state index in [0.717, 1.165) is 12.8 Å². The van der Waals surface area contributed by atoms with Gasteiger partial charge in [0.15, 0.2) is 0 Å². The minimum absolute atomic E-state index is 0.00842. The second kappa shape index (κ2) is 7.36. The van der Waals surface area contributed by atoms with E-state index < -0.39 is 5.97 Å². The molecule has 0 saturated heterocycles. The number of nitrogens with zero attached hydrogens (tertiary/aromatic N) is 2. The smallest absolute Gasteiger partial charge is 0.319 e. The van der Waals surface area contributed by atoms with Crippen molar-refractivity contribution in [3.8, 4) is 0 Å². The van der Waals surface area contributed by atoms with Gasteiger partial charge in [0.2, 0.25) is 0 Å². The van der Waals surface area contributed by atoms with Crippen molar-refractivity contribution in [2.24, 2.45) is 5.92 Å². The number of carboxylic acids is 1. The first-order chi connectivity index (χ1) is 8.95. The lowest BCUT2D eigenvalue weighted by molar-refractivity contribution is -0.137. The highest BCUT2D eigenvalue weighted by molar-refractivity contribution is 5.75. The van der Waals surface area contributed by atoms with Crippen molar-refractivity contribution in [2.75, 3.05) is 20.1 Å². The minimum atomic E-state index is -0.861. The van der Waals surface area contributed by atoms with E-state index in [2.05, 4.69) is 6.92 Å². The van der Waals surface area contributed by atoms with Gasteiger partial charge in [0.25, 0.3) is 0 Å². The van der Waals surface area contributed by atoms with Crippen molar-refractivity contribution in [3.63, 3.8) is 0 Å². The summed E-state index contributed by atoms with van der Waals surface area (Å²) in [7, 11) is 1.84. The molecule has 0 radical (unpaired) electrons. The predicted octanol–water partition coefficient (Wildman–Crippen LogP) is 2.41. The summed E-state index contributed by atoms with van der Waals surface area (Å²) in [5.74, 6) is -0.191. The second-order valence-corrected chi connectivity index (χ2v) is 5.54. The summed E-state index contributed by atoms with van der Waals surface area (Å²) in [5, 5.41) is 8.71. The molecule has 2 atom stereocenters. The number of urea groups is 1. The molecule has 19 heavy (non-hydrogen) atoms. The quantitative estimate of drug-likeness (QED) is 0.834. The molecule has 0 aromatic carbocycles. The molecule has 5 heteroatoms. The standard InChI is InChI=1S/C14H26N2O3/c1-4-16(9-8-13(17)18)14(19)15(3)12-7-5-6-11(2)10-12/h11-12H,4-10H2,1-3H3,(H,17,18). The fourth-order valence-corrected chi connectivity index (χ4v) is 2.75. The van der Waals surface area contributed by atoms with Gasteiger partial charge in [0.05, 0.1) is 6.42 Å². The van der Waals surface area contributed by atoms with Gasteiger partial charge in [-0.25, -0.2) is 4.79 Å². The van der Waals surface area contributed by atoms with E-state index in [0.29, 0.717) is 18.5 Å². The molecule has 1 rings (SSSR count). The van der Waals surface area contributed by atoms with Gasteiger partial charge in [-0.3, -0.25) is 4.79 Å². The number of rotatable bonds is 5. The highest BCUT2D eigenvalue weighted by Crippen LogP contribution is 2.27. The number of carboxylic acid groups (broad SMARTS) is 1. The normalized spacial score (nSPS) is 22.9. The monoisotopic (exact) mass is 270 g/mol. The molecule has 2 unspecified atom stereocenters. The second-order valence-electron chi connectivity index (χ2n) is 5.54. The third kappa shape index (κ3) is 4.73. The number of aliphatic carboxylic acids is 1. The van der Waals surface area contributed by atoms with Gasteiger partial charge in [-0.05, 0) is 25.7 Å². The zero-order chi connectivity index (χ0) is 14.4. The van der Waals surface area contributed by atoms with Gasteiger partial charge >= 0.3 is 12.0 Å². The highest BCUT2D eigenvalue weighted by Gasteiger charge is 2.27. The minimum Gasteiger partial charge on any atom is -0.481 e. The van der Waals surface area contributed by atoms with Crippen LogP contribution in [0.3, 0.4) is 0 Å². The maximum absolute atomic E-state index is 12.4. The van der Waals surface area contributed by atoms with Gasteiger partial charge < -0.3 is 14.9 Å². The zero-order valence-electron chi connectivity index (χ0n) is 12.3. The van der Waals surface area contributed by atoms with Crippen molar-refractivity contribution in [2.45, 2.75) is 52.0 Å². The summed E-state index contributed by atoms with van der Waals surface area (Å²) in [5.41, 5.74) is 0. The summed E-state index contributed by atoms with van der Waals surface area (Å²) >= 11 is 0. The van der Waals surface area contributed by atoms with Crippen LogP contribution in [0, 0.1) is 5.92 Å². The molecular weight excluding hydrogens is 244 g/mol. The van der Waals surface area contributed by atoms with Gasteiger partial charge in [-0.1, -0.05) is 19.8 Å². The molecule has 0 bridgehead atoms. The third-order valence-corrected chi connectivity index (χ3v) is 4.01. The molecule has 1 N–H and O–H groups in total. The van der Waals surface area contributed by atoms with Crippen molar-refractivity contribution in [3.05, 3.63) is 0 Å². The number of carbonyl (C=O) groups is 2. The summed E-state index contributed by atoms with van der Waals surface area (Å²) in [6, 6.07) is 0.262. The molecule has 0 heterocycles. The molecule has 1 fully saturated rings. The Kier molecular flexibility index (Phi) is 6.12. The Morgan fingerprint density at radius 1 is 1.32 bits per heavy atom. The Labute approximate surface area is 115 Å². The Morgan fingerprint density at radius 2 is 2.00 bits per heavy atom. The molecular formula is C14H26N2O3. The van der Waals surface area contributed by atoms with E-state index in [1.54, 1.807) is 9.80 Å². The van der Waals surface area contributed by atoms with E-state index >= 15 is 0 Å². The lowest BCUT2D eigenvalue weighted by Crippen LogP contribution is -2.47. The first-order valence-electron chi connectivity index (χ1n) is 7.19. The predicted molar refractivity (Wildman–Crippen MR) is 74.1 cm³/mol. The Balaban J connectivity index is 2.55. The molecule has 0 aromatic rings. The molecule has 2 amide bonds. The van der Waals surface area contributed by atoms with Crippen LogP contribution in [0.2, 0.25) is 0 Å². The number of hydrogen-bond donors (Lipinski definition) is 1. The maximum atomic E-state index is 12.4.